The minimum Gasteiger partial charge on any atom is -0.266 e. The van der Waals surface area contributed by atoms with Crippen LogP contribution < -0.4 is 0 Å². The van der Waals surface area contributed by atoms with Crippen LogP contribution in [-0.4, -0.2) is 26.7 Å². The minimum atomic E-state index is -1.12. The molecule has 0 aliphatic carbocycles. The highest BCUT2D eigenvalue weighted by molar-refractivity contribution is 6.37. The summed E-state index contributed by atoms with van der Waals surface area (Å²) in [7, 11) is 0. The van der Waals surface area contributed by atoms with Crippen molar-refractivity contribution in [2.24, 2.45) is 0 Å². The number of hydrogen-bond acceptors (Lipinski definition) is 7. The summed E-state index contributed by atoms with van der Waals surface area (Å²) < 4.78 is 0. The molecule has 10 nitrogen and oxygen atoms in total. The zero-order valence-corrected chi connectivity index (χ0v) is 18.0. The number of nitro groups is 2. The van der Waals surface area contributed by atoms with Gasteiger partial charge in [0.15, 0.2) is 0 Å². The third-order valence-corrected chi connectivity index (χ3v) is 5.18. The fourth-order valence-corrected chi connectivity index (χ4v) is 3.35. The van der Waals surface area contributed by atoms with Crippen LogP contribution in [0.4, 0.5) is 11.4 Å². The number of benzene rings is 3. The summed E-state index contributed by atoms with van der Waals surface area (Å²) in [4.78, 5) is 52.7. The maximum absolute atomic E-state index is 13.2. The number of carbonyl (C=O) groups is 2. The van der Waals surface area contributed by atoms with Crippen LogP contribution in [0.15, 0.2) is 66.7 Å². The predicted molar refractivity (Wildman–Crippen MR) is 118 cm³/mol. The Kier molecular flexibility index (Phi) is 7.34. The normalized spacial score (nSPS) is 10.5. The lowest BCUT2D eigenvalue weighted by molar-refractivity contribution is -0.384. The molecule has 168 valence electrons. The van der Waals surface area contributed by atoms with E-state index >= 15 is 0 Å². The molecule has 0 bridgehead atoms. The summed E-state index contributed by atoms with van der Waals surface area (Å²) >= 11 is 12.1. The van der Waals surface area contributed by atoms with Gasteiger partial charge in [-0.3, -0.25) is 34.7 Å². The van der Waals surface area contributed by atoms with Crippen LogP contribution in [-0.2, 0) is 11.4 Å². The van der Waals surface area contributed by atoms with Gasteiger partial charge in [0.25, 0.3) is 23.2 Å². The molecule has 0 saturated heterocycles. The van der Waals surface area contributed by atoms with Gasteiger partial charge < -0.3 is 0 Å². The van der Waals surface area contributed by atoms with Crippen molar-refractivity contribution in [2.75, 3.05) is 0 Å². The average Bonchev–Trinajstić information content (AvgIpc) is 2.79. The van der Waals surface area contributed by atoms with Crippen LogP contribution in [0.5, 0.6) is 0 Å². The van der Waals surface area contributed by atoms with E-state index in [0.29, 0.717) is 10.6 Å². The highest BCUT2D eigenvalue weighted by Crippen LogP contribution is 2.31. The van der Waals surface area contributed by atoms with E-state index in [-0.39, 0.29) is 17.7 Å². The van der Waals surface area contributed by atoms with E-state index < -0.39 is 43.1 Å². The fraction of sp³-hybridized carbons (Fsp3) is 0.0476. The first-order valence-electron chi connectivity index (χ1n) is 9.13. The molecule has 0 heterocycles. The molecule has 2 amide bonds. The Hall–Kier alpha value is -3.86. The van der Waals surface area contributed by atoms with Gasteiger partial charge in [-0.2, -0.15) is 0 Å². The third-order valence-electron chi connectivity index (χ3n) is 4.38. The number of nitro benzene ring substituents is 2. The van der Waals surface area contributed by atoms with Crippen molar-refractivity contribution in [2.45, 2.75) is 6.61 Å². The number of imide groups is 1. The Balaban J connectivity index is 2.05. The lowest BCUT2D eigenvalue weighted by atomic mass is 10.1. The summed E-state index contributed by atoms with van der Waals surface area (Å²) in [6.45, 7) is -0.239. The van der Waals surface area contributed by atoms with Crippen LogP contribution in [0.25, 0.3) is 0 Å². The van der Waals surface area contributed by atoms with E-state index in [2.05, 4.69) is 0 Å². The number of amides is 2. The van der Waals surface area contributed by atoms with E-state index in [9.17, 15) is 29.8 Å². The SMILES string of the molecule is O=C(c1cccc([N+](=O)[O-])c1Cl)N(OCc1ccccc1)C(=O)c1cccc([N+](=O)[O-])c1Cl. The number of nitrogens with zero attached hydrogens (tertiary/aromatic N) is 3. The molecular weight excluding hydrogens is 477 g/mol. The number of halogens is 2. The van der Waals surface area contributed by atoms with Crippen LogP contribution in [0.3, 0.4) is 0 Å². The summed E-state index contributed by atoms with van der Waals surface area (Å²) in [6.07, 6.45) is 0. The predicted octanol–water partition coefficient (Wildman–Crippen LogP) is 5.22. The molecule has 33 heavy (non-hydrogen) atoms. The molecular formula is C21H13Cl2N3O7. The molecule has 3 rings (SSSR count). The van der Waals surface area contributed by atoms with Crippen molar-refractivity contribution in [1.29, 1.82) is 0 Å². The summed E-state index contributed by atoms with van der Waals surface area (Å²) in [5.41, 5.74) is -1.27. The van der Waals surface area contributed by atoms with E-state index in [1.165, 1.54) is 24.3 Å². The first-order valence-corrected chi connectivity index (χ1v) is 9.89. The van der Waals surface area contributed by atoms with Crippen molar-refractivity contribution in [1.82, 2.24) is 5.06 Å². The number of hydrogen-bond donors (Lipinski definition) is 0. The van der Waals surface area contributed by atoms with Gasteiger partial charge in [0.05, 0.1) is 21.0 Å². The molecule has 0 spiro atoms. The van der Waals surface area contributed by atoms with Gasteiger partial charge in [-0.25, -0.2) is 0 Å². The highest BCUT2D eigenvalue weighted by atomic mass is 35.5. The van der Waals surface area contributed by atoms with Crippen LogP contribution >= 0.6 is 23.2 Å². The van der Waals surface area contributed by atoms with Gasteiger partial charge in [0.2, 0.25) is 0 Å². The molecule has 0 fully saturated rings. The maximum atomic E-state index is 13.2. The molecule has 0 aliphatic heterocycles. The van der Waals surface area contributed by atoms with Gasteiger partial charge >= 0.3 is 0 Å². The number of hydroxylamine groups is 2. The molecule has 0 aliphatic rings. The van der Waals surface area contributed by atoms with Crippen molar-refractivity contribution in [3.8, 4) is 0 Å². The molecule has 0 atom stereocenters. The maximum Gasteiger partial charge on any atom is 0.288 e. The Morgan fingerprint density at radius 2 is 1.21 bits per heavy atom. The summed E-state index contributed by atoms with van der Waals surface area (Å²) in [5.74, 6) is -2.24. The van der Waals surface area contributed by atoms with E-state index in [1.807, 2.05) is 0 Å². The quantitative estimate of drug-likeness (QED) is 0.252. The number of carbonyl (C=O) groups excluding carboxylic acids is 2. The number of rotatable bonds is 7. The zero-order valence-electron chi connectivity index (χ0n) is 16.5. The second-order valence-electron chi connectivity index (χ2n) is 6.46. The average molecular weight is 490 g/mol. The molecule has 0 N–H and O–H groups in total. The lowest BCUT2D eigenvalue weighted by Gasteiger charge is -2.21. The van der Waals surface area contributed by atoms with Crippen molar-refractivity contribution in [3.63, 3.8) is 0 Å². The largest absolute Gasteiger partial charge is 0.288 e. The van der Waals surface area contributed by atoms with Crippen molar-refractivity contribution >= 4 is 46.4 Å². The lowest BCUT2D eigenvalue weighted by Crippen LogP contribution is -2.37. The van der Waals surface area contributed by atoms with Crippen molar-refractivity contribution < 1.29 is 24.3 Å². The van der Waals surface area contributed by atoms with Gasteiger partial charge in [-0.05, 0) is 17.7 Å². The topological polar surface area (TPSA) is 133 Å². The van der Waals surface area contributed by atoms with Gasteiger partial charge in [-0.15, -0.1) is 5.06 Å². The molecule has 0 aromatic heterocycles. The second-order valence-corrected chi connectivity index (χ2v) is 7.21. The molecule has 0 saturated carbocycles. The highest BCUT2D eigenvalue weighted by Gasteiger charge is 2.32. The monoisotopic (exact) mass is 489 g/mol. The van der Waals surface area contributed by atoms with E-state index in [1.54, 1.807) is 30.3 Å². The van der Waals surface area contributed by atoms with Crippen LogP contribution in [0.1, 0.15) is 26.3 Å². The zero-order chi connectivity index (χ0) is 24.1. The van der Waals surface area contributed by atoms with Crippen molar-refractivity contribution in [3.05, 3.63) is 114 Å². The Labute approximate surface area is 196 Å². The molecule has 12 heteroatoms. The Bertz CT molecular complexity index is 1180. The Morgan fingerprint density at radius 3 is 1.64 bits per heavy atom. The second kappa shape index (κ2) is 10.2. The van der Waals surface area contributed by atoms with E-state index in [0.717, 1.165) is 12.1 Å². The van der Waals surface area contributed by atoms with Gasteiger partial charge in [0, 0.05) is 12.1 Å². The standard InChI is InChI=1S/C21H13Cl2N3O7/c22-18-14(8-4-10-16(18)25(29)30)20(27)24(33-12-13-6-2-1-3-7-13)21(28)15-9-5-11-17(19(15)23)26(31)32/h1-11H,12H2. The first kappa shape index (κ1) is 23.8. The van der Waals surface area contributed by atoms with E-state index in [4.69, 9.17) is 28.0 Å². The smallest absolute Gasteiger partial charge is 0.266 e. The van der Waals surface area contributed by atoms with Crippen LogP contribution in [0.2, 0.25) is 10.0 Å². The summed E-state index contributed by atoms with van der Waals surface area (Å²) in [5, 5.41) is 21.7. The molecule has 3 aromatic carbocycles. The van der Waals surface area contributed by atoms with Crippen LogP contribution in [0, 0.1) is 20.2 Å². The molecule has 0 unspecified atom stereocenters. The minimum absolute atomic E-state index is 0.239. The summed E-state index contributed by atoms with van der Waals surface area (Å²) in [6, 6.07) is 15.5. The third kappa shape index (κ3) is 5.14. The molecule has 3 aromatic rings. The molecule has 0 radical (unpaired) electrons. The fourth-order valence-electron chi connectivity index (χ4n) is 2.79. The Morgan fingerprint density at radius 1 is 0.758 bits per heavy atom. The first-order chi connectivity index (χ1) is 15.7. The van der Waals surface area contributed by atoms with Gasteiger partial charge in [-0.1, -0.05) is 65.7 Å². The van der Waals surface area contributed by atoms with Gasteiger partial charge in [0.1, 0.15) is 16.7 Å².